The lowest BCUT2D eigenvalue weighted by molar-refractivity contribution is 0.235. The van der Waals surface area contributed by atoms with Crippen LogP contribution in [0.3, 0.4) is 0 Å². The number of hydrogen-bond acceptors (Lipinski definition) is 3. The van der Waals surface area contributed by atoms with Gasteiger partial charge >= 0.3 is 0 Å². The zero-order chi connectivity index (χ0) is 19.9. The van der Waals surface area contributed by atoms with E-state index in [4.69, 9.17) is 0 Å². The fraction of sp³-hybridized carbons (Fsp3) is 0.650. The first kappa shape index (κ1) is 25.2. The minimum atomic E-state index is -3.43. The largest absolute Gasteiger partial charge is 0.356 e. The minimum Gasteiger partial charge on any atom is -0.356 e. The fourth-order valence-electron chi connectivity index (χ4n) is 4.06. The predicted octanol–water partition coefficient (Wildman–Crippen LogP) is 3.48. The summed E-state index contributed by atoms with van der Waals surface area (Å²) < 4.78 is 26.3. The van der Waals surface area contributed by atoms with Gasteiger partial charge in [-0.05, 0) is 55.3 Å². The third-order valence-corrected chi connectivity index (χ3v) is 6.71. The van der Waals surface area contributed by atoms with Crippen molar-refractivity contribution in [2.24, 2.45) is 16.3 Å². The summed E-state index contributed by atoms with van der Waals surface area (Å²) in [5, 5.41) is 6.79. The van der Waals surface area contributed by atoms with E-state index < -0.39 is 10.0 Å². The van der Waals surface area contributed by atoms with E-state index in [9.17, 15) is 8.42 Å². The summed E-state index contributed by atoms with van der Waals surface area (Å²) in [6.07, 6.45) is 6.42. The first-order valence-corrected chi connectivity index (χ1v) is 11.3. The molecule has 0 aliphatic heterocycles. The van der Waals surface area contributed by atoms with Gasteiger partial charge in [0, 0.05) is 20.1 Å². The molecule has 6 nitrogen and oxygen atoms in total. The number of rotatable bonds is 8. The Bertz CT molecular complexity index is 744. The molecular weight excluding hydrogens is 487 g/mol. The highest BCUT2D eigenvalue weighted by Crippen LogP contribution is 2.42. The van der Waals surface area contributed by atoms with Crippen LogP contribution in [-0.2, 0) is 16.6 Å². The minimum absolute atomic E-state index is 0. The molecule has 0 unspecified atom stereocenters. The van der Waals surface area contributed by atoms with Crippen molar-refractivity contribution in [1.29, 1.82) is 0 Å². The number of sulfonamides is 1. The van der Waals surface area contributed by atoms with Crippen LogP contribution < -0.4 is 15.4 Å². The summed E-state index contributed by atoms with van der Waals surface area (Å²) in [6.45, 7) is 6.03. The molecule has 1 aromatic carbocycles. The molecule has 8 heteroatoms. The van der Waals surface area contributed by atoms with Gasteiger partial charge < -0.3 is 10.6 Å². The summed E-state index contributed by atoms with van der Waals surface area (Å²) in [5.41, 5.74) is 1.26. The van der Waals surface area contributed by atoms with E-state index in [2.05, 4.69) is 34.2 Å². The summed E-state index contributed by atoms with van der Waals surface area (Å²) >= 11 is 0. The maximum Gasteiger partial charge on any atom is 0.240 e. The second-order valence-corrected chi connectivity index (χ2v) is 9.83. The van der Waals surface area contributed by atoms with Crippen LogP contribution in [0.2, 0.25) is 0 Å². The van der Waals surface area contributed by atoms with Crippen LogP contribution in [0.5, 0.6) is 0 Å². The molecule has 0 heterocycles. The summed E-state index contributed by atoms with van der Waals surface area (Å²) in [7, 11) is -0.246. The second kappa shape index (κ2) is 11.3. The molecule has 1 fully saturated rings. The number of hydrogen-bond donors (Lipinski definition) is 3. The van der Waals surface area contributed by atoms with Crippen molar-refractivity contribution in [2.75, 3.05) is 20.6 Å². The molecule has 0 atom stereocenters. The van der Waals surface area contributed by atoms with Gasteiger partial charge in [0.1, 0.15) is 0 Å². The first-order valence-electron chi connectivity index (χ1n) is 9.77. The molecule has 2 rings (SSSR count). The molecule has 1 saturated carbocycles. The average molecular weight is 522 g/mol. The smallest absolute Gasteiger partial charge is 0.240 e. The number of nitrogens with one attached hydrogen (secondary N) is 3. The van der Waals surface area contributed by atoms with Crippen LogP contribution in [0, 0.1) is 11.3 Å². The topological polar surface area (TPSA) is 82.6 Å². The summed E-state index contributed by atoms with van der Waals surface area (Å²) in [4.78, 5) is 4.60. The van der Waals surface area contributed by atoms with Crippen molar-refractivity contribution in [3.8, 4) is 0 Å². The summed E-state index contributed by atoms with van der Waals surface area (Å²) in [6, 6.07) is 6.95. The van der Waals surface area contributed by atoms with Crippen molar-refractivity contribution in [1.82, 2.24) is 15.4 Å². The third kappa shape index (κ3) is 7.18. The van der Waals surface area contributed by atoms with E-state index in [1.54, 1.807) is 25.2 Å². The molecule has 0 radical (unpaired) electrons. The quantitative estimate of drug-likeness (QED) is 0.278. The normalized spacial score (nSPS) is 16.7. The maximum atomic E-state index is 12.0. The number of guanidine groups is 1. The van der Waals surface area contributed by atoms with E-state index in [1.165, 1.54) is 39.2 Å². The number of aliphatic imine (C=N–C) groups is 1. The highest BCUT2D eigenvalue weighted by atomic mass is 127. The van der Waals surface area contributed by atoms with Crippen LogP contribution in [0.4, 0.5) is 0 Å². The molecular formula is C20H35IN4O2S. The molecule has 0 saturated heterocycles. The van der Waals surface area contributed by atoms with Gasteiger partial charge in [0.05, 0.1) is 4.90 Å². The van der Waals surface area contributed by atoms with Crippen molar-refractivity contribution >= 4 is 40.0 Å². The Balaban J connectivity index is 0.00000392. The molecule has 28 heavy (non-hydrogen) atoms. The Morgan fingerprint density at radius 1 is 1.21 bits per heavy atom. The van der Waals surface area contributed by atoms with E-state index >= 15 is 0 Å². The number of benzene rings is 1. The summed E-state index contributed by atoms with van der Waals surface area (Å²) in [5.74, 6) is 1.45. The molecule has 0 aromatic heterocycles. The Morgan fingerprint density at radius 2 is 1.89 bits per heavy atom. The lowest BCUT2D eigenvalue weighted by atomic mass is 9.78. The molecule has 3 N–H and O–H groups in total. The molecule has 0 amide bonds. The predicted molar refractivity (Wildman–Crippen MR) is 127 cm³/mol. The third-order valence-electron chi connectivity index (χ3n) is 5.30. The Labute approximate surface area is 187 Å². The standard InChI is InChI=1S/C20H34N4O2S.HI/c1-16(2)13-20(10-5-6-11-20)15-24-19(21-3)23-14-17-8-7-9-18(12-17)27(25,26)22-4;/h7-9,12,16,22H,5-6,10-11,13-15H2,1-4H3,(H2,21,23,24);1H. The molecule has 0 spiro atoms. The molecule has 1 aliphatic carbocycles. The van der Waals surface area contributed by atoms with Crippen LogP contribution >= 0.6 is 24.0 Å². The Morgan fingerprint density at radius 3 is 2.46 bits per heavy atom. The Kier molecular flexibility index (Phi) is 10.2. The zero-order valence-corrected chi connectivity index (χ0v) is 20.6. The van der Waals surface area contributed by atoms with E-state index in [0.717, 1.165) is 18.1 Å². The van der Waals surface area contributed by atoms with Crippen molar-refractivity contribution in [3.63, 3.8) is 0 Å². The van der Waals surface area contributed by atoms with Gasteiger partial charge in [-0.1, -0.05) is 38.8 Å². The Hall–Kier alpha value is -0.870. The van der Waals surface area contributed by atoms with Crippen LogP contribution in [0.25, 0.3) is 0 Å². The lowest BCUT2D eigenvalue weighted by Gasteiger charge is -2.32. The highest BCUT2D eigenvalue weighted by molar-refractivity contribution is 14.0. The van der Waals surface area contributed by atoms with Crippen molar-refractivity contribution < 1.29 is 8.42 Å². The first-order chi connectivity index (χ1) is 12.8. The highest BCUT2D eigenvalue weighted by Gasteiger charge is 2.34. The van der Waals surface area contributed by atoms with Gasteiger partial charge in [0.15, 0.2) is 5.96 Å². The van der Waals surface area contributed by atoms with Crippen molar-refractivity contribution in [3.05, 3.63) is 29.8 Å². The molecule has 1 aliphatic rings. The number of halogens is 1. The van der Waals surface area contributed by atoms with Gasteiger partial charge in [0.25, 0.3) is 0 Å². The fourth-order valence-corrected chi connectivity index (χ4v) is 4.86. The van der Waals surface area contributed by atoms with E-state index in [-0.39, 0.29) is 28.9 Å². The zero-order valence-electron chi connectivity index (χ0n) is 17.4. The van der Waals surface area contributed by atoms with E-state index in [0.29, 0.717) is 17.9 Å². The monoisotopic (exact) mass is 522 g/mol. The van der Waals surface area contributed by atoms with Crippen LogP contribution in [-0.4, -0.2) is 35.0 Å². The molecule has 1 aromatic rings. The van der Waals surface area contributed by atoms with Gasteiger partial charge in [-0.2, -0.15) is 0 Å². The van der Waals surface area contributed by atoms with Crippen molar-refractivity contribution in [2.45, 2.75) is 57.4 Å². The molecule has 160 valence electrons. The van der Waals surface area contributed by atoms with Crippen LogP contribution in [0.15, 0.2) is 34.2 Å². The van der Waals surface area contributed by atoms with Gasteiger partial charge in [-0.15, -0.1) is 24.0 Å². The van der Waals surface area contributed by atoms with Crippen LogP contribution in [0.1, 0.15) is 51.5 Å². The SMILES string of the molecule is CN=C(NCc1cccc(S(=O)(=O)NC)c1)NCC1(CC(C)C)CCCC1.I. The van der Waals surface area contributed by atoms with Gasteiger partial charge in [-0.25, -0.2) is 13.1 Å². The van der Waals surface area contributed by atoms with E-state index in [1.807, 2.05) is 6.07 Å². The second-order valence-electron chi connectivity index (χ2n) is 7.94. The molecule has 0 bridgehead atoms. The number of nitrogens with zero attached hydrogens (tertiary/aromatic N) is 1. The average Bonchev–Trinajstić information content (AvgIpc) is 3.10. The van der Waals surface area contributed by atoms with Gasteiger partial charge in [-0.3, -0.25) is 4.99 Å². The van der Waals surface area contributed by atoms with Gasteiger partial charge in [0.2, 0.25) is 10.0 Å². The maximum absolute atomic E-state index is 12.0. The lowest BCUT2D eigenvalue weighted by Crippen LogP contribution is -2.43.